The second-order valence-electron chi connectivity index (χ2n) is 4.87. The molecule has 2 aliphatic carbocycles. The summed E-state index contributed by atoms with van der Waals surface area (Å²) in [6.07, 6.45) is 7.42. The molecule has 15 heavy (non-hydrogen) atoms. The van der Waals surface area contributed by atoms with Gasteiger partial charge in [0.25, 0.3) is 0 Å². The molecule has 2 amide bonds. The molecule has 0 radical (unpaired) electrons. The van der Waals surface area contributed by atoms with Crippen molar-refractivity contribution in [3.8, 4) is 0 Å². The van der Waals surface area contributed by atoms with Crippen molar-refractivity contribution in [3.05, 3.63) is 0 Å². The number of hydrogen-bond donors (Lipinski definition) is 3. The quantitative estimate of drug-likeness (QED) is 0.657. The van der Waals surface area contributed by atoms with E-state index in [0.717, 1.165) is 38.5 Å². The molecule has 0 heterocycles. The molecule has 2 aliphatic rings. The van der Waals surface area contributed by atoms with Gasteiger partial charge >= 0.3 is 6.03 Å². The van der Waals surface area contributed by atoms with E-state index in [1.54, 1.807) is 0 Å². The van der Waals surface area contributed by atoms with Gasteiger partial charge in [-0.1, -0.05) is 12.8 Å². The Morgan fingerprint density at radius 2 is 1.93 bits per heavy atom. The zero-order valence-corrected chi connectivity index (χ0v) is 9.09. The minimum absolute atomic E-state index is 0.0606. The smallest absolute Gasteiger partial charge is 0.315 e. The Kier molecular flexibility index (Phi) is 3.14. The van der Waals surface area contributed by atoms with Crippen LogP contribution in [0.1, 0.15) is 44.9 Å². The summed E-state index contributed by atoms with van der Waals surface area (Å²) in [5.41, 5.74) is -0.339. The van der Waals surface area contributed by atoms with E-state index in [1.165, 1.54) is 6.42 Å². The molecule has 86 valence electrons. The number of urea groups is 1. The van der Waals surface area contributed by atoms with Crippen LogP contribution in [0.15, 0.2) is 0 Å². The number of aliphatic hydroxyl groups is 1. The molecule has 2 fully saturated rings. The summed E-state index contributed by atoms with van der Waals surface area (Å²) in [6, 6.07) is 0.262. The fourth-order valence-electron chi connectivity index (χ4n) is 2.39. The highest BCUT2D eigenvalue weighted by atomic mass is 16.3. The third kappa shape index (κ3) is 2.43. The van der Waals surface area contributed by atoms with Gasteiger partial charge in [-0.25, -0.2) is 4.79 Å². The summed E-state index contributed by atoms with van der Waals surface area (Å²) in [5, 5.41) is 15.2. The van der Waals surface area contributed by atoms with Gasteiger partial charge in [0.1, 0.15) is 0 Å². The third-order valence-electron chi connectivity index (χ3n) is 3.68. The van der Waals surface area contributed by atoms with Gasteiger partial charge in [0.15, 0.2) is 0 Å². The highest BCUT2D eigenvalue weighted by molar-refractivity contribution is 5.75. The van der Waals surface area contributed by atoms with E-state index < -0.39 is 0 Å². The van der Waals surface area contributed by atoms with Gasteiger partial charge in [-0.3, -0.25) is 0 Å². The zero-order chi connectivity index (χ0) is 10.7. The third-order valence-corrected chi connectivity index (χ3v) is 3.68. The molecule has 0 aromatic rings. The van der Waals surface area contributed by atoms with Gasteiger partial charge in [0, 0.05) is 6.04 Å². The van der Waals surface area contributed by atoms with Crippen LogP contribution in [0.25, 0.3) is 0 Å². The molecule has 0 atom stereocenters. The van der Waals surface area contributed by atoms with Gasteiger partial charge in [-0.2, -0.15) is 0 Å². The van der Waals surface area contributed by atoms with Crippen molar-refractivity contribution in [3.63, 3.8) is 0 Å². The number of carbonyl (C=O) groups excluding carboxylic acids is 1. The predicted octanol–water partition coefficient (Wildman–Crippen LogP) is 1.14. The largest absolute Gasteiger partial charge is 0.394 e. The van der Waals surface area contributed by atoms with Crippen LogP contribution in [0.4, 0.5) is 4.79 Å². The molecule has 0 aliphatic heterocycles. The van der Waals surface area contributed by atoms with E-state index in [2.05, 4.69) is 10.6 Å². The summed E-state index contributed by atoms with van der Waals surface area (Å²) in [5.74, 6) is 0. The van der Waals surface area contributed by atoms with Crippen LogP contribution in [0.3, 0.4) is 0 Å². The molecule has 3 N–H and O–H groups in total. The average Bonchev–Trinajstić information content (AvgIpc) is 2.61. The topological polar surface area (TPSA) is 61.4 Å². The Balaban J connectivity index is 1.80. The van der Waals surface area contributed by atoms with Crippen molar-refractivity contribution in [2.75, 3.05) is 6.61 Å². The van der Waals surface area contributed by atoms with Gasteiger partial charge in [0.2, 0.25) is 0 Å². The minimum atomic E-state index is -0.339. The molecule has 0 saturated heterocycles. The number of carbonyl (C=O) groups is 1. The number of nitrogens with one attached hydrogen (secondary N) is 2. The van der Waals surface area contributed by atoms with Crippen LogP contribution in [0.2, 0.25) is 0 Å². The molecule has 2 rings (SSSR count). The van der Waals surface area contributed by atoms with Gasteiger partial charge < -0.3 is 15.7 Å². The molecule has 0 unspecified atom stereocenters. The Morgan fingerprint density at radius 1 is 1.27 bits per heavy atom. The lowest BCUT2D eigenvalue weighted by atomic mass is 9.93. The maximum Gasteiger partial charge on any atom is 0.315 e. The molecule has 0 aromatic carbocycles. The van der Waals surface area contributed by atoms with Crippen LogP contribution in [0, 0.1) is 0 Å². The highest BCUT2D eigenvalue weighted by Crippen LogP contribution is 2.29. The van der Waals surface area contributed by atoms with Crippen molar-refractivity contribution in [2.45, 2.75) is 56.5 Å². The van der Waals surface area contributed by atoms with Crippen molar-refractivity contribution in [2.24, 2.45) is 0 Å². The van der Waals surface area contributed by atoms with Crippen LogP contribution < -0.4 is 10.6 Å². The first kappa shape index (κ1) is 10.7. The number of rotatable bonds is 3. The van der Waals surface area contributed by atoms with Gasteiger partial charge in [-0.05, 0) is 32.1 Å². The minimum Gasteiger partial charge on any atom is -0.394 e. The predicted molar refractivity (Wildman–Crippen MR) is 57.6 cm³/mol. The van der Waals surface area contributed by atoms with E-state index in [9.17, 15) is 9.90 Å². The van der Waals surface area contributed by atoms with E-state index >= 15 is 0 Å². The highest BCUT2D eigenvalue weighted by Gasteiger charge is 2.35. The fourth-order valence-corrected chi connectivity index (χ4v) is 2.39. The van der Waals surface area contributed by atoms with Crippen molar-refractivity contribution in [1.82, 2.24) is 10.6 Å². The van der Waals surface area contributed by atoms with E-state index in [4.69, 9.17) is 0 Å². The molecule has 2 saturated carbocycles. The van der Waals surface area contributed by atoms with Crippen LogP contribution in [-0.4, -0.2) is 29.3 Å². The first-order chi connectivity index (χ1) is 7.24. The normalized spacial score (nSPS) is 24.6. The summed E-state index contributed by atoms with van der Waals surface area (Å²) in [6.45, 7) is 0.0606. The maximum atomic E-state index is 11.6. The van der Waals surface area contributed by atoms with Crippen LogP contribution in [0.5, 0.6) is 0 Å². The van der Waals surface area contributed by atoms with Crippen molar-refractivity contribution < 1.29 is 9.90 Å². The first-order valence-corrected chi connectivity index (χ1v) is 5.94. The lowest BCUT2D eigenvalue weighted by molar-refractivity contribution is 0.159. The van der Waals surface area contributed by atoms with E-state index in [1.807, 2.05) is 0 Å². The monoisotopic (exact) mass is 212 g/mol. The second kappa shape index (κ2) is 4.39. The zero-order valence-electron chi connectivity index (χ0n) is 9.09. The molecule has 0 spiro atoms. The summed E-state index contributed by atoms with van der Waals surface area (Å²) in [7, 11) is 0. The Labute approximate surface area is 90.4 Å². The lowest BCUT2D eigenvalue weighted by Crippen LogP contribution is -2.55. The summed E-state index contributed by atoms with van der Waals surface area (Å²) in [4.78, 5) is 11.6. The van der Waals surface area contributed by atoms with Gasteiger partial charge in [-0.15, -0.1) is 0 Å². The Bertz CT molecular complexity index is 233. The molecule has 0 aromatic heterocycles. The standard InChI is InChI=1S/C11H20N2O2/c14-8-11(6-1-2-7-11)13-10(15)12-9-4-3-5-9/h9,14H,1-8H2,(H2,12,13,15). The Morgan fingerprint density at radius 3 is 2.40 bits per heavy atom. The maximum absolute atomic E-state index is 11.6. The average molecular weight is 212 g/mol. The first-order valence-electron chi connectivity index (χ1n) is 5.94. The lowest BCUT2D eigenvalue weighted by Gasteiger charge is -2.31. The SMILES string of the molecule is O=C(NC1CCC1)NC1(CO)CCCC1. The van der Waals surface area contributed by atoms with Crippen molar-refractivity contribution in [1.29, 1.82) is 0 Å². The molecule has 4 nitrogen and oxygen atoms in total. The van der Waals surface area contributed by atoms with Crippen LogP contribution in [-0.2, 0) is 0 Å². The fraction of sp³-hybridized carbons (Fsp3) is 0.909. The summed E-state index contributed by atoms with van der Waals surface area (Å²) < 4.78 is 0. The Hall–Kier alpha value is -0.770. The molecule has 0 bridgehead atoms. The van der Waals surface area contributed by atoms with Crippen molar-refractivity contribution >= 4 is 6.03 Å². The molecule has 4 heteroatoms. The number of amides is 2. The van der Waals surface area contributed by atoms with E-state index in [-0.39, 0.29) is 18.2 Å². The number of aliphatic hydroxyl groups excluding tert-OH is 1. The number of hydrogen-bond acceptors (Lipinski definition) is 2. The molecular weight excluding hydrogens is 192 g/mol. The van der Waals surface area contributed by atoms with Crippen LogP contribution >= 0.6 is 0 Å². The second-order valence-corrected chi connectivity index (χ2v) is 4.87. The molecular formula is C11H20N2O2. The summed E-state index contributed by atoms with van der Waals surface area (Å²) >= 11 is 0. The van der Waals surface area contributed by atoms with E-state index in [0.29, 0.717) is 6.04 Å². The van der Waals surface area contributed by atoms with Gasteiger partial charge in [0.05, 0.1) is 12.1 Å².